The predicted molar refractivity (Wildman–Crippen MR) is 125 cm³/mol. The fraction of sp³-hybridized carbons (Fsp3) is 0.130. The van der Waals surface area contributed by atoms with Gasteiger partial charge in [0, 0.05) is 10.0 Å². The molecule has 0 radical (unpaired) electrons. The van der Waals surface area contributed by atoms with Gasteiger partial charge in [0.1, 0.15) is 6.61 Å². The third-order valence-corrected chi connectivity index (χ3v) is 5.16. The number of hydrogen-bond donors (Lipinski definition) is 1. The van der Waals surface area contributed by atoms with Crippen LogP contribution in [0.3, 0.4) is 0 Å². The van der Waals surface area contributed by atoms with Crippen molar-refractivity contribution >= 4 is 44.0 Å². The Morgan fingerprint density at radius 3 is 2.47 bits per heavy atom. The molecule has 30 heavy (non-hydrogen) atoms. The maximum Gasteiger partial charge on any atom is 0.271 e. The zero-order valence-corrected chi connectivity index (χ0v) is 19.4. The van der Waals surface area contributed by atoms with Crippen LogP contribution < -0.4 is 14.9 Å². The van der Waals surface area contributed by atoms with Crippen LogP contribution in [0.5, 0.6) is 11.5 Å². The Labute approximate surface area is 192 Å². The van der Waals surface area contributed by atoms with Gasteiger partial charge in [0.05, 0.1) is 17.3 Å². The van der Waals surface area contributed by atoms with E-state index >= 15 is 0 Å². The van der Waals surface area contributed by atoms with Crippen molar-refractivity contribution in [1.82, 2.24) is 5.43 Å². The summed E-state index contributed by atoms with van der Waals surface area (Å²) in [5, 5.41) is 4.05. The molecule has 0 bridgehead atoms. The van der Waals surface area contributed by atoms with Crippen LogP contribution in [0.25, 0.3) is 0 Å². The normalized spacial score (nSPS) is 10.8. The van der Waals surface area contributed by atoms with Crippen molar-refractivity contribution in [1.29, 1.82) is 0 Å². The molecule has 154 valence electrons. The van der Waals surface area contributed by atoms with E-state index < -0.39 is 0 Å². The number of carbonyl (C=O) groups excluding carboxylic acids is 1. The van der Waals surface area contributed by atoms with Crippen molar-refractivity contribution in [2.24, 2.45) is 5.10 Å². The fourth-order valence-electron chi connectivity index (χ4n) is 2.63. The number of halogens is 2. The second kappa shape index (κ2) is 10.9. The minimum Gasteiger partial charge on any atom is -0.490 e. The molecule has 1 N–H and O–H groups in total. The lowest BCUT2D eigenvalue weighted by Crippen LogP contribution is -2.17. The Morgan fingerprint density at radius 1 is 1.03 bits per heavy atom. The highest BCUT2D eigenvalue weighted by Gasteiger charge is 2.12. The number of carbonyl (C=O) groups is 1. The molecule has 0 fully saturated rings. The summed E-state index contributed by atoms with van der Waals surface area (Å²) in [6.07, 6.45) is 1.56. The topological polar surface area (TPSA) is 59.9 Å². The summed E-state index contributed by atoms with van der Waals surface area (Å²) in [5.41, 5.74) is 4.87. The number of hydrogen-bond acceptors (Lipinski definition) is 4. The zero-order chi connectivity index (χ0) is 21.3. The summed E-state index contributed by atoms with van der Waals surface area (Å²) in [7, 11) is 0. The average Bonchev–Trinajstić information content (AvgIpc) is 2.74. The third kappa shape index (κ3) is 6.18. The van der Waals surface area contributed by atoms with E-state index in [9.17, 15) is 4.79 Å². The summed E-state index contributed by atoms with van der Waals surface area (Å²) in [6.45, 7) is 2.83. The molecule has 0 aromatic heterocycles. The number of ether oxygens (including phenoxy) is 2. The molecule has 0 atom stereocenters. The SMILES string of the molecule is CCOc1cc(/C=N\NC(=O)c2ccc(Br)cc2)cc(Br)c1OCc1ccccc1. The van der Waals surface area contributed by atoms with Crippen LogP contribution in [0.4, 0.5) is 0 Å². The van der Waals surface area contributed by atoms with Crippen LogP contribution in [0.15, 0.2) is 80.8 Å². The molecule has 0 unspecified atom stereocenters. The smallest absolute Gasteiger partial charge is 0.271 e. The third-order valence-electron chi connectivity index (χ3n) is 4.04. The standard InChI is InChI=1S/C23H20Br2N2O3/c1-2-29-21-13-17(14-26-27-23(28)18-8-10-19(24)11-9-18)12-20(25)22(21)30-15-16-6-4-3-5-7-16/h3-14H,2,15H2,1H3,(H,27,28)/b26-14-. The van der Waals surface area contributed by atoms with E-state index in [-0.39, 0.29) is 5.91 Å². The molecule has 3 aromatic rings. The van der Waals surface area contributed by atoms with Crippen molar-refractivity contribution in [3.63, 3.8) is 0 Å². The lowest BCUT2D eigenvalue weighted by molar-refractivity contribution is 0.0955. The number of rotatable bonds is 8. The molecule has 0 aliphatic rings. The van der Waals surface area contributed by atoms with Crippen molar-refractivity contribution in [2.75, 3.05) is 6.61 Å². The van der Waals surface area contributed by atoms with Crippen molar-refractivity contribution in [3.05, 3.63) is 92.4 Å². The first-order valence-corrected chi connectivity index (χ1v) is 10.9. The molecule has 0 spiro atoms. The zero-order valence-electron chi connectivity index (χ0n) is 16.3. The summed E-state index contributed by atoms with van der Waals surface area (Å²) in [5.74, 6) is 0.936. The first kappa shape index (κ1) is 22.1. The van der Waals surface area contributed by atoms with Crippen LogP contribution >= 0.6 is 31.9 Å². The van der Waals surface area contributed by atoms with E-state index in [0.29, 0.717) is 30.3 Å². The van der Waals surface area contributed by atoms with Gasteiger partial charge in [-0.05, 0) is 70.4 Å². The lowest BCUT2D eigenvalue weighted by atomic mass is 10.2. The first-order valence-electron chi connectivity index (χ1n) is 9.29. The number of hydrazone groups is 1. The Hall–Kier alpha value is -2.64. The number of nitrogens with one attached hydrogen (secondary N) is 1. The van der Waals surface area contributed by atoms with Crippen molar-refractivity contribution < 1.29 is 14.3 Å². The Morgan fingerprint density at radius 2 is 1.77 bits per heavy atom. The van der Waals surface area contributed by atoms with Crippen molar-refractivity contribution in [2.45, 2.75) is 13.5 Å². The highest BCUT2D eigenvalue weighted by atomic mass is 79.9. The molecule has 1 amide bonds. The maximum absolute atomic E-state index is 12.2. The molecule has 0 aliphatic carbocycles. The van der Waals surface area contributed by atoms with Gasteiger partial charge in [0.2, 0.25) is 0 Å². The highest BCUT2D eigenvalue weighted by molar-refractivity contribution is 9.10. The molecule has 0 saturated carbocycles. The van der Waals surface area contributed by atoms with Gasteiger partial charge >= 0.3 is 0 Å². The van der Waals surface area contributed by atoms with Crippen LogP contribution in [0.1, 0.15) is 28.4 Å². The Bertz CT molecular complexity index is 1020. The first-order chi connectivity index (χ1) is 14.6. The van der Waals surface area contributed by atoms with Crippen molar-refractivity contribution in [3.8, 4) is 11.5 Å². The van der Waals surface area contributed by atoms with Gasteiger partial charge in [0.25, 0.3) is 5.91 Å². The summed E-state index contributed by atoms with van der Waals surface area (Å²) < 4.78 is 13.4. The Balaban J connectivity index is 1.71. The highest BCUT2D eigenvalue weighted by Crippen LogP contribution is 2.37. The molecule has 3 rings (SSSR count). The summed E-state index contributed by atoms with van der Waals surface area (Å²) in [6, 6.07) is 20.6. The molecule has 0 saturated heterocycles. The van der Waals surface area contributed by atoms with Gasteiger partial charge in [-0.15, -0.1) is 0 Å². The molecule has 7 heteroatoms. The van der Waals surface area contributed by atoms with Crippen LogP contribution in [0.2, 0.25) is 0 Å². The fourth-order valence-corrected chi connectivity index (χ4v) is 3.46. The molecule has 3 aromatic carbocycles. The average molecular weight is 532 g/mol. The summed E-state index contributed by atoms with van der Waals surface area (Å²) in [4.78, 5) is 12.2. The van der Waals surface area contributed by atoms with Gasteiger partial charge in [-0.3, -0.25) is 4.79 Å². The van der Waals surface area contributed by atoms with Crippen LogP contribution in [0, 0.1) is 0 Å². The monoisotopic (exact) mass is 530 g/mol. The van der Waals surface area contributed by atoms with E-state index in [0.717, 1.165) is 20.1 Å². The maximum atomic E-state index is 12.2. The van der Waals surface area contributed by atoms with Gasteiger partial charge in [-0.1, -0.05) is 46.3 Å². The Kier molecular flexibility index (Phi) is 8.04. The minimum absolute atomic E-state index is 0.286. The van der Waals surface area contributed by atoms with Gasteiger partial charge < -0.3 is 9.47 Å². The predicted octanol–water partition coefficient (Wildman–Crippen LogP) is 5.95. The van der Waals surface area contributed by atoms with E-state index in [2.05, 4.69) is 42.4 Å². The largest absolute Gasteiger partial charge is 0.490 e. The molecule has 0 heterocycles. The molecule has 0 aliphatic heterocycles. The minimum atomic E-state index is -0.286. The van der Waals surface area contributed by atoms with Crippen LogP contribution in [-0.2, 0) is 6.61 Å². The van der Waals surface area contributed by atoms with Gasteiger partial charge in [-0.25, -0.2) is 5.43 Å². The van der Waals surface area contributed by atoms with Gasteiger partial charge in [0.15, 0.2) is 11.5 Å². The van der Waals surface area contributed by atoms with Gasteiger partial charge in [-0.2, -0.15) is 5.10 Å². The second-order valence-corrected chi connectivity index (χ2v) is 8.01. The number of benzene rings is 3. The van der Waals surface area contributed by atoms with E-state index in [1.54, 1.807) is 30.5 Å². The molecular formula is C23H20Br2N2O3. The second-order valence-electron chi connectivity index (χ2n) is 6.24. The molecular weight excluding hydrogens is 512 g/mol. The van der Waals surface area contributed by atoms with E-state index in [1.165, 1.54) is 0 Å². The van der Waals surface area contributed by atoms with Crippen LogP contribution in [-0.4, -0.2) is 18.7 Å². The lowest BCUT2D eigenvalue weighted by Gasteiger charge is -2.14. The number of amides is 1. The van der Waals surface area contributed by atoms with E-state index in [4.69, 9.17) is 9.47 Å². The quantitative estimate of drug-likeness (QED) is 0.288. The number of nitrogens with zero attached hydrogens (tertiary/aromatic N) is 1. The molecule has 5 nitrogen and oxygen atoms in total. The van der Waals surface area contributed by atoms with E-state index in [1.807, 2.05) is 49.4 Å². The summed E-state index contributed by atoms with van der Waals surface area (Å²) >= 11 is 6.89.